The van der Waals surface area contributed by atoms with Gasteiger partial charge in [-0.3, -0.25) is 4.79 Å². The number of Topliss-reactive ketones (excluding diaryl/α,β-unsaturated/α-hetero) is 1. The van der Waals surface area contributed by atoms with Gasteiger partial charge < -0.3 is 9.30 Å². The molecule has 0 aliphatic rings. The van der Waals surface area contributed by atoms with Gasteiger partial charge in [0.05, 0.1) is 11.3 Å². The Morgan fingerprint density at radius 1 is 1.15 bits per heavy atom. The Morgan fingerprint density at radius 3 is 2.42 bits per heavy atom. The van der Waals surface area contributed by atoms with E-state index in [1.807, 2.05) is 25.3 Å². The maximum atomic E-state index is 12.4. The maximum Gasteiger partial charge on any atom is 0.338 e. The molecule has 0 spiro atoms. The Kier molecular flexibility index (Phi) is 6.02. The minimum atomic E-state index is -3.20. The number of esters is 1. The van der Waals surface area contributed by atoms with Crippen molar-refractivity contribution in [2.45, 2.75) is 33.1 Å². The zero-order valence-electron chi connectivity index (χ0n) is 15.4. The lowest BCUT2D eigenvalue weighted by molar-refractivity contribution is 0.0474. The predicted octanol–water partition coefficient (Wildman–Crippen LogP) is 2.71. The fraction of sp³-hybridized carbons (Fsp3) is 0.368. The molecule has 1 aromatic heterocycles. The molecule has 0 amide bonds. The molecule has 1 aromatic carbocycles. The van der Waals surface area contributed by atoms with Crippen molar-refractivity contribution in [3.63, 3.8) is 0 Å². The summed E-state index contributed by atoms with van der Waals surface area (Å²) in [5, 5.41) is 0. The molecule has 26 heavy (non-hydrogen) atoms. The van der Waals surface area contributed by atoms with E-state index in [-0.39, 0.29) is 23.7 Å². The highest BCUT2D eigenvalue weighted by Gasteiger charge is 2.17. The summed E-state index contributed by atoms with van der Waals surface area (Å²) in [6.45, 7) is 6.19. The summed E-state index contributed by atoms with van der Waals surface area (Å²) in [6.07, 6.45) is 1.13. The van der Waals surface area contributed by atoms with Crippen molar-refractivity contribution in [2.24, 2.45) is 0 Å². The number of carbonyl (C=O) groups is 2. The molecule has 0 saturated carbocycles. The van der Waals surface area contributed by atoms with Gasteiger partial charge in [-0.15, -0.1) is 0 Å². The van der Waals surface area contributed by atoms with E-state index in [0.717, 1.165) is 24.2 Å². The van der Waals surface area contributed by atoms with Gasteiger partial charge in [-0.2, -0.15) is 0 Å². The number of aromatic nitrogens is 1. The SMILES string of the molecule is CCn1c(C)cc(C(=O)COC(=O)c2cccc(CS(C)(=O)=O)c2)c1C. The second kappa shape index (κ2) is 7.86. The number of hydrogen-bond donors (Lipinski definition) is 0. The Labute approximate surface area is 153 Å². The first-order chi connectivity index (χ1) is 12.1. The molecule has 0 unspecified atom stereocenters. The summed E-state index contributed by atoms with van der Waals surface area (Å²) in [7, 11) is -3.20. The number of carbonyl (C=O) groups excluding carboxylic acids is 2. The molecule has 0 fully saturated rings. The van der Waals surface area contributed by atoms with Crippen LogP contribution >= 0.6 is 0 Å². The average Bonchev–Trinajstić information content (AvgIpc) is 2.85. The number of ketones is 1. The Balaban J connectivity index is 2.07. The quantitative estimate of drug-likeness (QED) is 0.547. The summed E-state index contributed by atoms with van der Waals surface area (Å²) in [4.78, 5) is 24.5. The summed E-state index contributed by atoms with van der Waals surface area (Å²) in [5.41, 5.74) is 3.09. The molecule has 7 heteroatoms. The first kappa shape index (κ1) is 19.9. The van der Waals surface area contributed by atoms with E-state index in [1.165, 1.54) is 12.1 Å². The summed E-state index contributed by atoms with van der Waals surface area (Å²) < 4.78 is 29.9. The molecule has 2 rings (SSSR count). The lowest BCUT2D eigenvalue weighted by atomic mass is 10.1. The third kappa shape index (κ3) is 4.82. The van der Waals surface area contributed by atoms with Crippen LogP contribution in [0.15, 0.2) is 30.3 Å². The number of nitrogens with zero attached hydrogens (tertiary/aromatic N) is 1. The Hall–Kier alpha value is -2.41. The predicted molar refractivity (Wildman–Crippen MR) is 99.2 cm³/mol. The van der Waals surface area contributed by atoms with Crippen molar-refractivity contribution >= 4 is 21.6 Å². The van der Waals surface area contributed by atoms with E-state index in [1.54, 1.807) is 18.2 Å². The molecule has 0 aliphatic carbocycles. The van der Waals surface area contributed by atoms with Gasteiger partial charge in [0.1, 0.15) is 0 Å². The van der Waals surface area contributed by atoms with Gasteiger partial charge in [0.25, 0.3) is 0 Å². The molecule has 0 atom stereocenters. The van der Waals surface area contributed by atoms with Crippen LogP contribution in [0.3, 0.4) is 0 Å². The molecule has 1 heterocycles. The van der Waals surface area contributed by atoms with E-state index in [4.69, 9.17) is 4.74 Å². The first-order valence-corrected chi connectivity index (χ1v) is 10.3. The van der Waals surface area contributed by atoms with E-state index in [9.17, 15) is 18.0 Å². The van der Waals surface area contributed by atoms with Crippen molar-refractivity contribution in [3.8, 4) is 0 Å². The fourth-order valence-corrected chi connectivity index (χ4v) is 3.74. The van der Waals surface area contributed by atoms with Crippen LogP contribution in [0.25, 0.3) is 0 Å². The van der Waals surface area contributed by atoms with Gasteiger partial charge in [0.15, 0.2) is 16.4 Å². The number of aryl methyl sites for hydroxylation is 1. The van der Waals surface area contributed by atoms with Gasteiger partial charge in [-0.1, -0.05) is 12.1 Å². The second-order valence-electron chi connectivity index (χ2n) is 6.30. The van der Waals surface area contributed by atoms with Crippen molar-refractivity contribution in [3.05, 3.63) is 58.4 Å². The molecule has 6 nitrogen and oxygen atoms in total. The summed E-state index contributed by atoms with van der Waals surface area (Å²) >= 11 is 0. The van der Waals surface area contributed by atoms with Gasteiger partial charge in [-0.05, 0) is 44.5 Å². The van der Waals surface area contributed by atoms with Crippen molar-refractivity contribution < 1.29 is 22.7 Å². The third-order valence-electron chi connectivity index (χ3n) is 4.12. The van der Waals surface area contributed by atoms with E-state index in [2.05, 4.69) is 0 Å². The molecule has 0 bridgehead atoms. The standard InChI is InChI=1S/C19H23NO5S/c1-5-20-13(2)9-17(14(20)3)18(21)11-25-19(22)16-8-6-7-15(10-16)12-26(4,23)24/h6-10H,5,11-12H2,1-4H3. The Morgan fingerprint density at radius 2 is 1.85 bits per heavy atom. The molecular formula is C19H23NO5S. The van der Waals surface area contributed by atoms with Crippen LogP contribution in [0.2, 0.25) is 0 Å². The fourth-order valence-electron chi connectivity index (χ4n) is 2.95. The maximum absolute atomic E-state index is 12.4. The summed E-state index contributed by atoms with van der Waals surface area (Å²) in [6, 6.07) is 8.01. The minimum absolute atomic E-state index is 0.157. The molecular weight excluding hydrogens is 354 g/mol. The average molecular weight is 377 g/mol. The van der Waals surface area contributed by atoms with Gasteiger partial charge >= 0.3 is 5.97 Å². The topological polar surface area (TPSA) is 82.4 Å². The molecule has 0 aliphatic heterocycles. The molecule has 2 aromatic rings. The van der Waals surface area contributed by atoms with Gasteiger partial charge in [-0.25, -0.2) is 13.2 Å². The van der Waals surface area contributed by atoms with Crippen LogP contribution in [0.4, 0.5) is 0 Å². The van der Waals surface area contributed by atoms with Crippen LogP contribution in [-0.2, 0) is 26.9 Å². The third-order valence-corrected chi connectivity index (χ3v) is 4.97. The van der Waals surface area contributed by atoms with E-state index >= 15 is 0 Å². The number of rotatable bonds is 7. The minimum Gasteiger partial charge on any atom is -0.454 e. The zero-order chi connectivity index (χ0) is 19.5. The van der Waals surface area contributed by atoms with Crippen LogP contribution < -0.4 is 0 Å². The number of ether oxygens (including phenoxy) is 1. The number of benzene rings is 1. The van der Waals surface area contributed by atoms with Crippen LogP contribution in [0, 0.1) is 13.8 Å². The van der Waals surface area contributed by atoms with Crippen molar-refractivity contribution in [1.82, 2.24) is 4.57 Å². The second-order valence-corrected chi connectivity index (χ2v) is 8.44. The zero-order valence-corrected chi connectivity index (χ0v) is 16.2. The van der Waals surface area contributed by atoms with Crippen LogP contribution in [0.5, 0.6) is 0 Å². The van der Waals surface area contributed by atoms with E-state index < -0.39 is 15.8 Å². The molecule has 0 saturated heterocycles. The highest BCUT2D eigenvalue weighted by molar-refractivity contribution is 7.89. The van der Waals surface area contributed by atoms with E-state index in [0.29, 0.717) is 11.1 Å². The van der Waals surface area contributed by atoms with Crippen LogP contribution in [0.1, 0.15) is 44.6 Å². The summed E-state index contributed by atoms with van der Waals surface area (Å²) in [5.74, 6) is -1.08. The highest BCUT2D eigenvalue weighted by atomic mass is 32.2. The van der Waals surface area contributed by atoms with Crippen molar-refractivity contribution in [2.75, 3.05) is 12.9 Å². The first-order valence-electron chi connectivity index (χ1n) is 8.26. The molecule has 140 valence electrons. The smallest absolute Gasteiger partial charge is 0.338 e. The lowest BCUT2D eigenvalue weighted by Crippen LogP contribution is -2.15. The van der Waals surface area contributed by atoms with Crippen molar-refractivity contribution in [1.29, 1.82) is 0 Å². The highest BCUT2D eigenvalue weighted by Crippen LogP contribution is 2.16. The Bertz CT molecular complexity index is 941. The lowest BCUT2D eigenvalue weighted by Gasteiger charge is -2.07. The monoisotopic (exact) mass is 377 g/mol. The van der Waals surface area contributed by atoms with Crippen LogP contribution in [-0.4, -0.2) is 37.6 Å². The number of sulfone groups is 1. The largest absolute Gasteiger partial charge is 0.454 e. The van der Waals surface area contributed by atoms with Gasteiger partial charge in [0, 0.05) is 29.8 Å². The molecule has 0 N–H and O–H groups in total. The normalized spacial score (nSPS) is 11.4. The number of hydrogen-bond acceptors (Lipinski definition) is 5. The molecule has 0 radical (unpaired) electrons. The van der Waals surface area contributed by atoms with Gasteiger partial charge in [0.2, 0.25) is 5.78 Å².